The van der Waals surface area contributed by atoms with Gasteiger partial charge in [0.25, 0.3) is 5.91 Å². The van der Waals surface area contributed by atoms with Crippen molar-refractivity contribution in [2.45, 2.75) is 64.5 Å². The van der Waals surface area contributed by atoms with Crippen LogP contribution < -0.4 is 20.1 Å². The van der Waals surface area contributed by atoms with Gasteiger partial charge < -0.3 is 19.5 Å². The Morgan fingerprint density at radius 2 is 1.90 bits per heavy atom. The van der Waals surface area contributed by atoms with E-state index in [4.69, 9.17) is 14.2 Å². The summed E-state index contributed by atoms with van der Waals surface area (Å²) in [5, 5.41) is 4.96. The fraction of sp³-hybridized carbons (Fsp3) is 0.571. The van der Waals surface area contributed by atoms with E-state index in [1.54, 1.807) is 12.1 Å². The smallest absolute Gasteiger partial charge is 0.339 e. The maximum atomic E-state index is 12.4. The highest BCUT2D eigenvalue weighted by Crippen LogP contribution is 2.28. The van der Waals surface area contributed by atoms with Crippen LogP contribution in [0.25, 0.3) is 0 Å². The average molecular weight is 406 g/mol. The van der Waals surface area contributed by atoms with Crippen molar-refractivity contribution >= 4 is 17.9 Å². The molecule has 1 aromatic rings. The molecule has 0 saturated heterocycles. The minimum absolute atomic E-state index is 0.0891. The van der Waals surface area contributed by atoms with Crippen molar-refractivity contribution in [3.05, 3.63) is 23.8 Å². The lowest BCUT2D eigenvalue weighted by Crippen LogP contribution is -2.47. The van der Waals surface area contributed by atoms with E-state index in [2.05, 4.69) is 17.6 Å². The molecular weight excluding hydrogens is 376 g/mol. The molecule has 1 atom stereocenters. The molecule has 0 aliphatic heterocycles. The lowest BCUT2D eigenvalue weighted by Gasteiger charge is -2.16. The summed E-state index contributed by atoms with van der Waals surface area (Å²) in [7, 11) is 1.48. The molecule has 1 fully saturated rings. The molecule has 1 aliphatic rings. The molecule has 29 heavy (non-hydrogen) atoms. The zero-order chi connectivity index (χ0) is 21.2. The Kier molecular flexibility index (Phi) is 8.76. The summed E-state index contributed by atoms with van der Waals surface area (Å²) in [6.07, 6.45) is 4.75. The van der Waals surface area contributed by atoms with Gasteiger partial charge in [0.15, 0.2) is 17.6 Å². The summed E-state index contributed by atoms with van der Waals surface area (Å²) in [4.78, 5) is 36.4. The van der Waals surface area contributed by atoms with Gasteiger partial charge in [-0.05, 0) is 44.4 Å². The van der Waals surface area contributed by atoms with Crippen LogP contribution in [0.1, 0.15) is 62.7 Å². The van der Waals surface area contributed by atoms with Gasteiger partial charge in [0, 0.05) is 6.04 Å². The average Bonchev–Trinajstić information content (AvgIpc) is 3.20. The number of methoxy groups -OCH3 is 1. The van der Waals surface area contributed by atoms with E-state index in [9.17, 15) is 14.4 Å². The predicted octanol–water partition coefficient (Wildman–Crippen LogP) is 3.19. The van der Waals surface area contributed by atoms with Crippen molar-refractivity contribution in [1.29, 1.82) is 0 Å². The first-order chi connectivity index (χ1) is 13.9. The monoisotopic (exact) mass is 406 g/mol. The number of hydrogen-bond donors (Lipinski definition) is 2. The molecule has 0 aromatic heterocycles. The van der Waals surface area contributed by atoms with Crippen LogP contribution in [-0.2, 0) is 9.53 Å². The number of amides is 3. The number of esters is 1. The third-order valence-electron chi connectivity index (χ3n) is 4.73. The number of benzene rings is 1. The molecule has 0 radical (unpaired) electrons. The zero-order valence-electron chi connectivity index (χ0n) is 17.3. The molecular formula is C21H30N2O6. The molecule has 1 aliphatic carbocycles. The largest absolute Gasteiger partial charge is 0.493 e. The molecule has 2 N–H and O–H groups in total. The Balaban J connectivity index is 1.88. The first-order valence-electron chi connectivity index (χ1n) is 10.1. The molecule has 0 spiro atoms. The summed E-state index contributed by atoms with van der Waals surface area (Å²) in [6.45, 7) is 4.03. The van der Waals surface area contributed by atoms with Crippen LogP contribution in [-0.4, -0.2) is 43.8 Å². The highest BCUT2D eigenvalue weighted by molar-refractivity contribution is 5.98. The molecule has 2 rings (SSSR count). The topological polar surface area (TPSA) is 103 Å². The van der Waals surface area contributed by atoms with Gasteiger partial charge in [0.1, 0.15) is 0 Å². The minimum atomic E-state index is -1.12. The van der Waals surface area contributed by atoms with E-state index in [0.717, 1.165) is 38.5 Å². The van der Waals surface area contributed by atoms with Gasteiger partial charge in [-0.3, -0.25) is 10.1 Å². The van der Waals surface area contributed by atoms with Gasteiger partial charge >= 0.3 is 12.0 Å². The van der Waals surface area contributed by atoms with E-state index in [0.29, 0.717) is 18.1 Å². The van der Waals surface area contributed by atoms with Crippen molar-refractivity contribution in [2.75, 3.05) is 13.7 Å². The first-order valence-corrected chi connectivity index (χ1v) is 10.1. The van der Waals surface area contributed by atoms with Gasteiger partial charge in [-0.2, -0.15) is 0 Å². The molecule has 3 amide bonds. The maximum Gasteiger partial charge on any atom is 0.339 e. The molecule has 160 valence electrons. The Hall–Kier alpha value is -2.77. The normalized spacial score (nSPS) is 14.7. The fourth-order valence-corrected chi connectivity index (χ4v) is 3.03. The number of urea groups is 1. The van der Waals surface area contributed by atoms with Gasteiger partial charge in [0.2, 0.25) is 0 Å². The number of ether oxygens (including phenoxy) is 3. The molecule has 0 heterocycles. The van der Waals surface area contributed by atoms with Crippen molar-refractivity contribution in [2.24, 2.45) is 0 Å². The SMILES string of the molecule is CCCCOc1ccc(C(=O)OC(C)C(=O)NC(=O)NC2CCCC2)cc1OC. The third kappa shape index (κ3) is 6.96. The van der Waals surface area contributed by atoms with Crippen LogP contribution >= 0.6 is 0 Å². The second kappa shape index (κ2) is 11.3. The predicted molar refractivity (Wildman–Crippen MR) is 107 cm³/mol. The van der Waals surface area contributed by atoms with Crippen molar-refractivity contribution < 1.29 is 28.6 Å². The number of carbonyl (C=O) groups is 3. The molecule has 1 saturated carbocycles. The lowest BCUT2D eigenvalue weighted by molar-refractivity contribution is -0.127. The van der Waals surface area contributed by atoms with Crippen LogP contribution in [0, 0.1) is 0 Å². The van der Waals surface area contributed by atoms with Crippen molar-refractivity contribution in [3.63, 3.8) is 0 Å². The number of hydrogen-bond acceptors (Lipinski definition) is 6. The molecule has 1 aromatic carbocycles. The third-order valence-corrected chi connectivity index (χ3v) is 4.73. The maximum absolute atomic E-state index is 12.4. The number of imide groups is 1. The number of unbranched alkanes of at least 4 members (excludes halogenated alkanes) is 1. The number of rotatable bonds is 9. The minimum Gasteiger partial charge on any atom is -0.493 e. The second-order valence-corrected chi connectivity index (χ2v) is 7.06. The van der Waals surface area contributed by atoms with Crippen LogP contribution in [0.3, 0.4) is 0 Å². The summed E-state index contributed by atoms with van der Waals surface area (Å²) < 4.78 is 16.1. The van der Waals surface area contributed by atoms with Crippen LogP contribution in [0.2, 0.25) is 0 Å². The Morgan fingerprint density at radius 1 is 1.17 bits per heavy atom. The van der Waals surface area contributed by atoms with Gasteiger partial charge in [0.05, 0.1) is 19.3 Å². The molecule has 8 heteroatoms. The highest BCUT2D eigenvalue weighted by atomic mass is 16.5. The van der Waals surface area contributed by atoms with E-state index in [1.165, 1.54) is 20.1 Å². The van der Waals surface area contributed by atoms with Gasteiger partial charge in [-0.15, -0.1) is 0 Å². The quantitative estimate of drug-likeness (QED) is 0.482. The van der Waals surface area contributed by atoms with E-state index in [1.807, 2.05) is 0 Å². The highest BCUT2D eigenvalue weighted by Gasteiger charge is 2.23. The Bertz CT molecular complexity index is 715. The van der Waals surface area contributed by atoms with Crippen LogP contribution in [0.5, 0.6) is 11.5 Å². The Labute approximate surface area is 171 Å². The first kappa shape index (κ1) is 22.5. The van der Waals surface area contributed by atoms with E-state index >= 15 is 0 Å². The molecule has 8 nitrogen and oxygen atoms in total. The molecule has 1 unspecified atom stereocenters. The van der Waals surface area contributed by atoms with Crippen molar-refractivity contribution in [1.82, 2.24) is 10.6 Å². The van der Waals surface area contributed by atoms with Crippen LogP contribution in [0.4, 0.5) is 4.79 Å². The van der Waals surface area contributed by atoms with Crippen LogP contribution in [0.15, 0.2) is 18.2 Å². The summed E-state index contributed by atoms with van der Waals surface area (Å²) >= 11 is 0. The molecule has 0 bridgehead atoms. The van der Waals surface area contributed by atoms with E-state index in [-0.39, 0.29) is 11.6 Å². The van der Waals surface area contributed by atoms with Gasteiger partial charge in [-0.25, -0.2) is 9.59 Å². The second-order valence-electron chi connectivity index (χ2n) is 7.06. The standard InChI is InChI=1S/C21H30N2O6/c1-4-5-12-28-17-11-10-15(13-18(17)27-3)20(25)29-14(2)19(24)23-21(26)22-16-8-6-7-9-16/h10-11,13-14,16H,4-9,12H2,1-3H3,(H2,22,23,24,26). The zero-order valence-corrected chi connectivity index (χ0v) is 17.3. The summed E-state index contributed by atoms with van der Waals surface area (Å²) in [6, 6.07) is 4.20. The number of nitrogens with one attached hydrogen (secondary N) is 2. The van der Waals surface area contributed by atoms with Gasteiger partial charge in [-0.1, -0.05) is 26.2 Å². The number of carbonyl (C=O) groups excluding carboxylic acids is 3. The summed E-state index contributed by atoms with van der Waals surface area (Å²) in [5.74, 6) is -0.432. The Morgan fingerprint density at radius 3 is 2.55 bits per heavy atom. The fourth-order valence-electron chi connectivity index (χ4n) is 3.03. The van der Waals surface area contributed by atoms with Crippen molar-refractivity contribution in [3.8, 4) is 11.5 Å². The lowest BCUT2D eigenvalue weighted by atomic mass is 10.2. The summed E-state index contributed by atoms with van der Waals surface area (Å²) in [5.41, 5.74) is 0.222. The van der Waals surface area contributed by atoms with E-state index < -0.39 is 24.0 Å².